The standard InChI is InChI=1S/C17H20O4S/c1-12-15(18)10-16(19)14(11-21-9-8-20-2)17(12)22-13-6-4-3-5-7-13/h3-7,14H,8-11H2,1-2H3. The van der Waals surface area contributed by atoms with E-state index >= 15 is 0 Å². The lowest BCUT2D eigenvalue weighted by molar-refractivity contribution is -0.129. The molecule has 1 aromatic carbocycles. The summed E-state index contributed by atoms with van der Waals surface area (Å²) in [5.41, 5.74) is 0.675. The van der Waals surface area contributed by atoms with Gasteiger partial charge in [0, 0.05) is 22.5 Å². The average Bonchev–Trinajstić information content (AvgIpc) is 2.52. The number of ketones is 2. The van der Waals surface area contributed by atoms with Crippen LogP contribution in [0.15, 0.2) is 45.7 Å². The van der Waals surface area contributed by atoms with Crippen LogP contribution in [0.4, 0.5) is 0 Å². The maximum atomic E-state index is 12.2. The zero-order valence-electron chi connectivity index (χ0n) is 12.8. The first-order chi connectivity index (χ1) is 10.6. The van der Waals surface area contributed by atoms with Gasteiger partial charge in [-0.1, -0.05) is 30.0 Å². The first-order valence-electron chi connectivity index (χ1n) is 7.19. The molecule has 2 rings (SSSR count). The van der Waals surface area contributed by atoms with E-state index in [0.717, 1.165) is 9.80 Å². The number of allylic oxidation sites excluding steroid dienone is 1. The van der Waals surface area contributed by atoms with E-state index in [-0.39, 0.29) is 23.9 Å². The highest BCUT2D eigenvalue weighted by molar-refractivity contribution is 8.03. The van der Waals surface area contributed by atoms with Crippen molar-refractivity contribution < 1.29 is 19.1 Å². The van der Waals surface area contributed by atoms with Gasteiger partial charge in [0.25, 0.3) is 0 Å². The van der Waals surface area contributed by atoms with Crippen LogP contribution in [0.2, 0.25) is 0 Å². The highest BCUT2D eigenvalue weighted by Gasteiger charge is 2.33. The molecule has 5 heteroatoms. The molecule has 0 saturated carbocycles. The van der Waals surface area contributed by atoms with E-state index in [0.29, 0.717) is 25.4 Å². The smallest absolute Gasteiger partial charge is 0.166 e. The van der Waals surface area contributed by atoms with Crippen LogP contribution in [0.1, 0.15) is 13.3 Å². The van der Waals surface area contributed by atoms with Gasteiger partial charge in [0.05, 0.1) is 32.2 Å². The number of ether oxygens (including phenoxy) is 2. The molecule has 0 fully saturated rings. The third-order valence-corrected chi connectivity index (χ3v) is 4.83. The largest absolute Gasteiger partial charge is 0.382 e. The number of thioether (sulfide) groups is 1. The topological polar surface area (TPSA) is 52.6 Å². The van der Waals surface area contributed by atoms with E-state index in [2.05, 4.69) is 0 Å². The van der Waals surface area contributed by atoms with Gasteiger partial charge < -0.3 is 9.47 Å². The molecule has 1 aliphatic carbocycles. The summed E-state index contributed by atoms with van der Waals surface area (Å²) < 4.78 is 10.5. The molecule has 0 bridgehead atoms. The monoisotopic (exact) mass is 320 g/mol. The van der Waals surface area contributed by atoms with Crippen LogP contribution in [0.25, 0.3) is 0 Å². The molecular weight excluding hydrogens is 300 g/mol. The molecule has 0 amide bonds. The van der Waals surface area contributed by atoms with Gasteiger partial charge in [-0.2, -0.15) is 0 Å². The molecule has 0 radical (unpaired) electrons. The minimum Gasteiger partial charge on any atom is -0.382 e. The van der Waals surface area contributed by atoms with Crippen LogP contribution in [0.5, 0.6) is 0 Å². The van der Waals surface area contributed by atoms with E-state index in [1.165, 1.54) is 11.8 Å². The first-order valence-corrected chi connectivity index (χ1v) is 8.01. The second-order valence-corrected chi connectivity index (χ2v) is 6.21. The van der Waals surface area contributed by atoms with Crippen molar-refractivity contribution in [1.29, 1.82) is 0 Å². The molecule has 1 aromatic rings. The zero-order valence-corrected chi connectivity index (χ0v) is 13.7. The number of carbonyl (C=O) groups is 2. The summed E-state index contributed by atoms with van der Waals surface area (Å²) in [6.07, 6.45) is -0.0248. The van der Waals surface area contributed by atoms with Crippen molar-refractivity contribution in [3.05, 3.63) is 40.8 Å². The Labute approximate surface area is 134 Å². The van der Waals surface area contributed by atoms with E-state index < -0.39 is 0 Å². The zero-order chi connectivity index (χ0) is 15.9. The van der Waals surface area contributed by atoms with Crippen molar-refractivity contribution in [2.24, 2.45) is 5.92 Å². The molecule has 1 atom stereocenters. The lowest BCUT2D eigenvalue weighted by Crippen LogP contribution is -2.30. The van der Waals surface area contributed by atoms with Crippen molar-refractivity contribution in [3.8, 4) is 0 Å². The van der Waals surface area contributed by atoms with Crippen molar-refractivity contribution in [3.63, 3.8) is 0 Å². The van der Waals surface area contributed by atoms with Gasteiger partial charge in [0.15, 0.2) is 11.6 Å². The minimum absolute atomic E-state index is 0.0248. The fraction of sp³-hybridized carbons (Fsp3) is 0.412. The van der Waals surface area contributed by atoms with Crippen molar-refractivity contribution in [1.82, 2.24) is 0 Å². The molecule has 0 N–H and O–H groups in total. The molecule has 4 nitrogen and oxygen atoms in total. The molecular formula is C17H20O4S. The Morgan fingerprint density at radius 3 is 2.59 bits per heavy atom. The van der Waals surface area contributed by atoms with Crippen LogP contribution in [0.3, 0.4) is 0 Å². The Kier molecular flexibility index (Phi) is 6.36. The van der Waals surface area contributed by atoms with Crippen LogP contribution in [-0.2, 0) is 19.1 Å². The Hall–Kier alpha value is -1.43. The fourth-order valence-electron chi connectivity index (χ4n) is 2.23. The van der Waals surface area contributed by atoms with Crippen molar-refractivity contribution >= 4 is 23.3 Å². The molecule has 0 saturated heterocycles. The molecule has 1 unspecified atom stereocenters. The van der Waals surface area contributed by atoms with Gasteiger partial charge in [-0.3, -0.25) is 9.59 Å². The maximum absolute atomic E-state index is 12.2. The summed E-state index contributed by atoms with van der Waals surface area (Å²) in [5.74, 6) is -0.511. The summed E-state index contributed by atoms with van der Waals surface area (Å²) in [4.78, 5) is 26.0. The molecule has 22 heavy (non-hydrogen) atoms. The normalized spacial score (nSPS) is 18.9. The Bertz CT molecular complexity index is 565. The Morgan fingerprint density at radius 1 is 1.18 bits per heavy atom. The lowest BCUT2D eigenvalue weighted by Gasteiger charge is -2.25. The van der Waals surface area contributed by atoms with Crippen LogP contribution >= 0.6 is 11.8 Å². The molecule has 0 spiro atoms. The SMILES string of the molecule is COCCOCC1C(=O)CC(=O)C(C)=C1Sc1ccccc1. The number of benzene rings is 1. The van der Waals surface area contributed by atoms with Crippen LogP contribution in [0, 0.1) is 5.92 Å². The molecule has 118 valence electrons. The average molecular weight is 320 g/mol. The maximum Gasteiger partial charge on any atom is 0.166 e. The van der Waals surface area contributed by atoms with E-state index in [1.807, 2.05) is 30.3 Å². The quantitative estimate of drug-likeness (QED) is 0.571. The predicted molar refractivity (Wildman–Crippen MR) is 85.8 cm³/mol. The second kappa shape index (κ2) is 8.27. The van der Waals surface area contributed by atoms with Crippen LogP contribution < -0.4 is 0 Å². The predicted octanol–water partition coefficient (Wildman–Crippen LogP) is 2.87. The number of rotatable bonds is 7. The third kappa shape index (κ3) is 4.29. The minimum atomic E-state index is -0.361. The van der Waals surface area contributed by atoms with Crippen molar-refractivity contribution in [2.75, 3.05) is 26.9 Å². The Balaban J connectivity index is 2.16. The van der Waals surface area contributed by atoms with Gasteiger partial charge >= 0.3 is 0 Å². The highest BCUT2D eigenvalue weighted by Crippen LogP contribution is 2.38. The van der Waals surface area contributed by atoms with E-state index in [4.69, 9.17) is 9.47 Å². The second-order valence-electron chi connectivity index (χ2n) is 5.09. The third-order valence-electron chi connectivity index (χ3n) is 3.52. The highest BCUT2D eigenvalue weighted by atomic mass is 32.2. The van der Waals surface area contributed by atoms with E-state index in [1.54, 1.807) is 14.0 Å². The van der Waals surface area contributed by atoms with Crippen molar-refractivity contribution in [2.45, 2.75) is 18.2 Å². The lowest BCUT2D eigenvalue weighted by atomic mass is 9.89. The molecule has 0 heterocycles. The Morgan fingerprint density at radius 2 is 1.91 bits per heavy atom. The summed E-state index contributed by atoms with van der Waals surface area (Å²) in [6, 6.07) is 9.76. The summed E-state index contributed by atoms with van der Waals surface area (Å²) in [6.45, 7) is 3.02. The number of hydrogen-bond donors (Lipinski definition) is 0. The van der Waals surface area contributed by atoms with Gasteiger partial charge in [-0.05, 0) is 19.1 Å². The summed E-state index contributed by atoms with van der Waals surface area (Å²) in [7, 11) is 1.61. The number of Topliss-reactive ketones (excluding diaryl/α,β-unsaturated/α-hetero) is 2. The van der Waals surface area contributed by atoms with Gasteiger partial charge in [0.2, 0.25) is 0 Å². The van der Waals surface area contributed by atoms with Crippen LogP contribution in [-0.4, -0.2) is 38.5 Å². The van der Waals surface area contributed by atoms with Gasteiger partial charge in [-0.25, -0.2) is 0 Å². The van der Waals surface area contributed by atoms with E-state index in [9.17, 15) is 9.59 Å². The number of methoxy groups -OCH3 is 1. The summed E-state index contributed by atoms with van der Waals surface area (Å²) in [5, 5.41) is 0. The molecule has 1 aliphatic rings. The van der Waals surface area contributed by atoms with Gasteiger partial charge in [0.1, 0.15) is 0 Å². The number of carbonyl (C=O) groups excluding carboxylic acids is 2. The van der Waals surface area contributed by atoms with Gasteiger partial charge in [-0.15, -0.1) is 0 Å². The fourth-order valence-corrected chi connectivity index (χ4v) is 3.39. The number of hydrogen-bond acceptors (Lipinski definition) is 5. The summed E-state index contributed by atoms with van der Waals surface area (Å²) >= 11 is 1.48. The first kappa shape index (κ1) is 16.9. The molecule has 0 aromatic heterocycles. The molecule has 0 aliphatic heterocycles.